The molecule has 1 fully saturated rings. The van der Waals surface area contributed by atoms with Gasteiger partial charge in [0.05, 0.1) is 0 Å². The minimum absolute atomic E-state index is 0.153. The quantitative estimate of drug-likeness (QED) is 0.877. The van der Waals surface area contributed by atoms with Gasteiger partial charge in [-0.25, -0.2) is 4.98 Å². The average molecular weight is 263 g/mol. The van der Waals surface area contributed by atoms with Crippen LogP contribution in [0.1, 0.15) is 20.3 Å². The van der Waals surface area contributed by atoms with Crippen LogP contribution in [0.2, 0.25) is 0 Å². The van der Waals surface area contributed by atoms with E-state index in [4.69, 9.17) is 0 Å². The van der Waals surface area contributed by atoms with E-state index in [1.807, 2.05) is 37.7 Å². The number of carbonyl (C=O) groups is 1. The highest BCUT2D eigenvalue weighted by Crippen LogP contribution is 2.18. The number of nitrogens with one attached hydrogen (secondary N) is 1. The topological polar surface area (TPSA) is 61.4 Å². The van der Waals surface area contributed by atoms with Crippen molar-refractivity contribution in [3.05, 3.63) is 12.3 Å². The van der Waals surface area contributed by atoms with E-state index in [-0.39, 0.29) is 18.0 Å². The molecule has 0 aromatic carbocycles. The van der Waals surface area contributed by atoms with Gasteiger partial charge in [-0.2, -0.15) is 4.98 Å². The molecule has 19 heavy (non-hydrogen) atoms. The molecule has 6 heteroatoms. The normalized spacial score (nSPS) is 19.1. The third-order valence-electron chi connectivity index (χ3n) is 3.23. The van der Waals surface area contributed by atoms with Crippen LogP contribution in [-0.2, 0) is 4.79 Å². The highest BCUT2D eigenvalue weighted by molar-refractivity contribution is 5.86. The molecule has 6 nitrogen and oxygen atoms in total. The smallest absolute Gasteiger partial charge is 0.245 e. The molecule has 1 aromatic rings. The van der Waals surface area contributed by atoms with Gasteiger partial charge in [-0.1, -0.05) is 0 Å². The molecular weight excluding hydrogens is 242 g/mol. The Balaban J connectivity index is 2.06. The number of hydrogen-bond acceptors (Lipinski definition) is 5. The summed E-state index contributed by atoms with van der Waals surface area (Å²) < 4.78 is 0. The van der Waals surface area contributed by atoms with Gasteiger partial charge in [0, 0.05) is 32.9 Å². The number of carbonyl (C=O) groups excluding carboxylic acids is 1. The van der Waals surface area contributed by atoms with Gasteiger partial charge in [-0.3, -0.25) is 4.79 Å². The highest BCUT2D eigenvalue weighted by Gasteiger charge is 2.33. The zero-order chi connectivity index (χ0) is 14.0. The number of anilines is 2. The third-order valence-corrected chi connectivity index (χ3v) is 3.23. The molecule has 104 valence electrons. The van der Waals surface area contributed by atoms with Crippen molar-refractivity contribution >= 4 is 17.7 Å². The van der Waals surface area contributed by atoms with Crippen molar-refractivity contribution in [3.8, 4) is 0 Å². The second kappa shape index (κ2) is 5.42. The minimum atomic E-state index is -0.174. The number of aromatic nitrogens is 2. The Morgan fingerprint density at radius 2 is 2.21 bits per heavy atom. The van der Waals surface area contributed by atoms with E-state index in [1.165, 1.54) is 0 Å². The summed E-state index contributed by atoms with van der Waals surface area (Å²) in [4.78, 5) is 24.4. The molecule has 0 spiro atoms. The van der Waals surface area contributed by atoms with E-state index in [1.54, 1.807) is 12.3 Å². The Bertz CT molecular complexity index is 460. The monoisotopic (exact) mass is 263 g/mol. The molecule has 1 aliphatic heterocycles. The first-order valence-corrected chi connectivity index (χ1v) is 6.56. The van der Waals surface area contributed by atoms with Gasteiger partial charge in [0.15, 0.2) is 0 Å². The SMILES string of the molecule is CC(C)N1CCC(Nc2ccnc(N(C)C)n2)C1=O. The Morgan fingerprint density at radius 3 is 2.79 bits per heavy atom. The summed E-state index contributed by atoms with van der Waals surface area (Å²) in [6.07, 6.45) is 2.52. The lowest BCUT2D eigenvalue weighted by Gasteiger charge is -2.21. The molecule has 1 aliphatic rings. The van der Waals surface area contributed by atoms with Crippen molar-refractivity contribution < 1.29 is 4.79 Å². The molecule has 2 rings (SSSR count). The Morgan fingerprint density at radius 1 is 1.47 bits per heavy atom. The lowest BCUT2D eigenvalue weighted by atomic mass is 10.2. The summed E-state index contributed by atoms with van der Waals surface area (Å²) in [7, 11) is 3.78. The molecule has 1 N–H and O–H groups in total. The van der Waals surface area contributed by atoms with Gasteiger partial charge in [0.25, 0.3) is 0 Å². The summed E-state index contributed by atoms with van der Waals surface area (Å²) in [6, 6.07) is 1.87. The lowest BCUT2D eigenvalue weighted by Crippen LogP contribution is -2.37. The van der Waals surface area contributed by atoms with Crippen LogP contribution in [0, 0.1) is 0 Å². The number of amides is 1. The van der Waals surface area contributed by atoms with Crippen LogP contribution >= 0.6 is 0 Å². The molecule has 0 radical (unpaired) electrons. The molecule has 0 aliphatic carbocycles. The number of nitrogens with zero attached hydrogens (tertiary/aromatic N) is 4. The maximum absolute atomic E-state index is 12.2. The van der Waals surface area contributed by atoms with Crippen LogP contribution in [0.5, 0.6) is 0 Å². The van der Waals surface area contributed by atoms with Gasteiger partial charge in [0.1, 0.15) is 11.9 Å². The zero-order valence-corrected chi connectivity index (χ0v) is 11.9. The van der Waals surface area contributed by atoms with Crippen molar-refractivity contribution in [2.24, 2.45) is 0 Å². The van der Waals surface area contributed by atoms with Crippen LogP contribution in [0.25, 0.3) is 0 Å². The molecular formula is C13H21N5O. The van der Waals surface area contributed by atoms with E-state index < -0.39 is 0 Å². The van der Waals surface area contributed by atoms with E-state index >= 15 is 0 Å². The molecule has 1 unspecified atom stereocenters. The van der Waals surface area contributed by atoms with Crippen LogP contribution in [0.15, 0.2) is 12.3 Å². The van der Waals surface area contributed by atoms with E-state index in [0.717, 1.165) is 13.0 Å². The summed E-state index contributed by atoms with van der Waals surface area (Å²) in [5, 5.41) is 3.20. The first kappa shape index (κ1) is 13.6. The molecule has 1 amide bonds. The lowest BCUT2D eigenvalue weighted by molar-refractivity contribution is -0.129. The second-order valence-electron chi connectivity index (χ2n) is 5.25. The van der Waals surface area contributed by atoms with E-state index in [9.17, 15) is 4.79 Å². The van der Waals surface area contributed by atoms with Crippen molar-refractivity contribution in [2.75, 3.05) is 30.9 Å². The average Bonchev–Trinajstić information content (AvgIpc) is 2.71. The van der Waals surface area contributed by atoms with Crippen molar-refractivity contribution in [3.63, 3.8) is 0 Å². The Hall–Kier alpha value is -1.85. The van der Waals surface area contributed by atoms with Crippen LogP contribution in [0.4, 0.5) is 11.8 Å². The maximum Gasteiger partial charge on any atom is 0.245 e. The zero-order valence-electron chi connectivity index (χ0n) is 11.9. The standard InChI is InChI=1S/C13H21N5O/c1-9(2)18-8-6-10(12(18)19)15-11-5-7-14-13(16-11)17(3)4/h5,7,9-10H,6,8H2,1-4H3,(H,14,15,16). The van der Waals surface area contributed by atoms with Gasteiger partial charge in [-0.05, 0) is 26.3 Å². The molecule has 2 heterocycles. The third kappa shape index (κ3) is 2.94. The van der Waals surface area contributed by atoms with E-state index in [0.29, 0.717) is 11.8 Å². The molecule has 0 saturated carbocycles. The number of hydrogen-bond donors (Lipinski definition) is 1. The molecule has 1 saturated heterocycles. The number of likely N-dealkylation sites (tertiary alicyclic amines) is 1. The predicted octanol–water partition coefficient (Wildman–Crippen LogP) is 0.964. The maximum atomic E-state index is 12.2. The predicted molar refractivity (Wildman–Crippen MR) is 75.2 cm³/mol. The fourth-order valence-electron chi connectivity index (χ4n) is 2.17. The van der Waals surface area contributed by atoms with Crippen molar-refractivity contribution in [1.82, 2.24) is 14.9 Å². The fraction of sp³-hybridized carbons (Fsp3) is 0.615. The Labute approximate surface area is 113 Å². The fourth-order valence-corrected chi connectivity index (χ4v) is 2.17. The first-order chi connectivity index (χ1) is 8.99. The highest BCUT2D eigenvalue weighted by atomic mass is 16.2. The van der Waals surface area contributed by atoms with Crippen molar-refractivity contribution in [2.45, 2.75) is 32.4 Å². The second-order valence-corrected chi connectivity index (χ2v) is 5.25. The van der Waals surface area contributed by atoms with Gasteiger partial charge in [0.2, 0.25) is 11.9 Å². The largest absolute Gasteiger partial charge is 0.358 e. The first-order valence-electron chi connectivity index (χ1n) is 6.56. The van der Waals surface area contributed by atoms with Crippen LogP contribution in [0.3, 0.4) is 0 Å². The molecule has 1 aromatic heterocycles. The van der Waals surface area contributed by atoms with Gasteiger partial charge >= 0.3 is 0 Å². The van der Waals surface area contributed by atoms with Crippen LogP contribution < -0.4 is 10.2 Å². The van der Waals surface area contributed by atoms with Gasteiger partial charge in [-0.15, -0.1) is 0 Å². The number of rotatable bonds is 4. The molecule has 0 bridgehead atoms. The molecule has 1 atom stereocenters. The summed E-state index contributed by atoms with van der Waals surface area (Å²) in [6.45, 7) is 4.88. The summed E-state index contributed by atoms with van der Waals surface area (Å²) in [5.74, 6) is 1.49. The minimum Gasteiger partial charge on any atom is -0.358 e. The van der Waals surface area contributed by atoms with Crippen LogP contribution in [-0.4, -0.2) is 53.5 Å². The van der Waals surface area contributed by atoms with E-state index in [2.05, 4.69) is 15.3 Å². The summed E-state index contributed by atoms with van der Waals surface area (Å²) in [5.41, 5.74) is 0. The Kier molecular flexibility index (Phi) is 3.87. The van der Waals surface area contributed by atoms with Gasteiger partial charge < -0.3 is 15.1 Å². The summed E-state index contributed by atoms with van der Waals surface area (Å²) >= 11 is 0. The van der Waals surface area contributed by atoms with Crippen molar-refractivity contribution in [1.29, 1.82) is 0 Å².